The summed E-state index contributed by atoms with van der Waals surface area (Å²) in [5, 5.41) is 1.16. The van der Waals surface area contributed by atoms with E-state index in [4.69, 9.17) is 9.47 Å². The van der Waals surface area contributed by atoms with Crippen molar-refractivity contribution in [1.29, 1.82) is 0 Å². The molecule has 43 heavy (non-hydrogen) atoms. The van der Waals surface area contributed by atoms with Gasteiger partial charge < -0.3 is 24.3 Å². The molecule has 0 saturated heterocycles. The van der Waals surface area contributed by atoms with Crippen molar-refractivity contribution in [2.45, 2.75) is 52.5 Å². The number of aromatic amines is 1. The van der Waals surface area contributed by atoms with Gasteiger partial charge in [-0.1, -0.05) is 63.2 Å². The van der Waals surface area contributed by atoms with Gasteiger partial charge >= 0.3 is 0 Å². The Labute approximate surface area is 255 Å². The van der Waals surface area contributed by atoms with E-state index < -0.39 is 0 Å². The maximum absolute atomic E-state index is 14.0. The van der Waals surface area contributed by atoms with Gasteiger partial charge in [-0.25, -0.2) is 0 Å². The summed E-state index contributed by atoms with van der Waals surface area (Å²) in [6, 6.07) is 23.8. The molecule has 228 valence electrons. The number of aromatic nitrogens is 1. The van der Waals surface area contributed by atoms with Crippen LogP contribution in [0, 0.1) is 0 Å². The summed E-state index contributed by atoms with van der Waals surface area (Å²) in [6.07, 6.45) is 3.36. The van der Waals surface area contributed by atoms with Crippen LogP contribution >= 0.6 is 0 Å². The number of benzene rings is 3. The highest BCUT2D eigenvalue weighted by atomic mass is 16.5. The van der Waals surface area contributed by atoms with Gasteiger partial charge in [-0.3, -0.25) is 9.59 Å². The molecule has 1 heterocycles. The van der Waals surface area contributed by atoms with Gasteiger partial charge in [0.05, 0.1) is 6.61 Å². The number of rotatable bonds is 14. The van der Waals surface area contributed by atoms with E-state index in [1.165, 1.54) is 0 Å². The fourth-order valence-corrected chi connectivity index (χ4v) is 5.17. The molecule has 0 aliphatic rings. The number of nitrogens with one attached hydrogen (secondary N) is 1. The van der Waals surface area contributed by atoms with Crippen LogP contribution in [0.3, 0.4) is 0 Å². The minimum absolute atomic E-state index is 0.00547. The van der Waals surface area contributed by atoms with Crippen LogP contribution < -0.4 is 4.74 Å². The topological polar surface area (TPSA) is 74.9 Å². The molecule has 4 rings (SSSR count). The average Bonchev–Trinajstić information content (AvgIpc) is 3.42. The van der Waals surface area contributed by atoms with Crippen molar-refractivity contribution in [3.8, 4) is 5.75 Å². The number of carbonyl (C=O) groups is 2. The van der Waals surface area contributed by atoms with Crippen LogP contribution in [0.25, 0.3) is 10.9 Å². The lowest BCUT2D eigenvalue weighted by atomic mass is 9.86. The number of nitrogens with zero attached hydrogens (tertiary/aromatic N) is 2. The van der Waals surface area contributed by atoms with Crippen LogP contribution in [-0.4, -0.2) is 66.6 Å². The molecule has 2 amide bonds. The summed E-state index contributed by atoms with van der Waals surface area (Å²) >= 11 is 0. The number of carbonyl (C=O) groups excluding carboxylic acids is 2. The summed E-state index contributed by atoms with van der Waals surface area (Å²) in [4.78, 5) is 34.5. The number of para-hydroxylation sites is 1. The molecular formula is C36H45N3O4. The monoisotopic (exact) mass is 583 g/mol. The number of amides is 2. The van der Waals surface area contributed by atoms with Crippen LogP contribution in [0.15, 0.2) is 79.0 Å². The molecule has 7 heteroatoms. The fourth-order valence-electron chi connectivity index (χ4n) is 5.17. The third kappa shape index (κ3) is 8.71. The molecule has 3 aromatic carbocycles. The molecule has 0 bridgehead atoms. The van der Waals surface area contributed by atoms with Crippen molar-refractivity contribution >= 4 is 22.7 Å². The Hall–Kier alpha value is -4.10. The summed E-state index contributed by atoms with van der Waals surface area (Å²) < 4.78 is 10.9. The number of methoxy groups -OCH3 is 1. The Morgan fingerprint density at radius 1 is 0.884 bits per heavy atom. The molecule has 7 nitrogen and oxygen atoms in total. The van der Waals surface area contributed by atoms with Crippen molar-refractivity contribution in [1.82, 2.24) is 14.8 Å². The maximum Gasteiger partial charge on any atom is 0.254 e. The van der Waals surface area contributed by atoms with Crippen molar-refractivity contribution in [2.24, 2.45) is 0 Å². The number of H-pyrrole nitrogens is 1. The minimum atomic E-state index is -0.150. The van der Waals surface area contributed by atoms with Crippen LogP contribution in [0.5, 0.6) is 5.75 Å². The largest absolute Gasteiger partial charge is 0.494 e. The van der Waals surface area contributed by atoms with Crippen molar-refractivity contribution in [3.63, 3.8) is 0 Å². The smallest absolute Gasteiger partial charge is 0.254 e. The summed E-state index contributed by atoms with van der Waals surface area (Å²) in [6.45, 7) is 10.9. The second kappa shape index (κ2) is 14.9. The van der Waals surface area contributed by atoms with Gasteiger partial charge in [0.15, 0.2) is 0 Å². The van der Waals surface area contributed by atoms with Crippen molar-refractivity contribution in [3.05, 3.63) is 101 Å². The van der Waals surface area contributed by atoms with Gasteiger partial charge in [0.1, 0.15) is 12.3 Å². The summed E-state index contributed by atoms with van der Waals surface area (Å²) in [5.41, 5.74) is 4.97. The Balaban J connectivity index is 1.55. The van der Waals surface area contributed by atoms with Crippen LogP contribution in [0.1, 0.15) is 61.2 Å². The first-order valence-electron chi connectivity index (χ1n) is 15.1. The Morgan fingerprint density at radius 3 is 2.28 bits per heavy atom. The van der Waals surface area contributed by atoms with E-state index in [9.17, 15) is 9.59 Å². The lowest BCUT2D eigenvalue weighted by Gasteiger charge is -2.28. The normalized spacial score (nSPS) is 11.5. The molecule has 0 atom stereocenters. The Bertz CT molecular complexity index is 1470. The van der Waals surface area contributed by atoms with Gasteiger partial charge in [0.2, 0.25) is 5.91 Å². The standard InChI is InChI=1S/C36H45N3O4/c1-6-43-31-18-12-27(13-19-31)25-38(22-20-29-24-37-33-11-8-7-10-32(29)33)34(40)26-39(21-9-23-42-5)35(41)28-14-16-30(17-15-28)36(2,3)4/h7-8,10-19,24,37H,6,9,20-23,25-26H2,1-5H3. The minimum Gasteiger partial charge on any atom is -0.494 e. The number of hydrogen-bond acceptors (Lipinski definition) is 4. The van der Waals surface area contributed by atoms with Crippen molar-refractivity contribution in [2.75, 3.05) is 40.0 Å². The summed E-state index contributed by atoms with van der Waals surface area (Å²) in [7, 11) is 1.64. The van der Waals surface area contributed by atoms with E-state index in [2.05, 4.69) is 37.9 Å². The Morgan fingerprint density at radius 2 is 1.60 bits per heavy atom. The lowest BCUT2D eigenvalue weighted by Crippen LogP contribution is -2.44. The molecule has 1 N–H and O–H groups in total. The molecular weight excluding hydrogens is 538 g/mol. The van der Waals surface area contributed by atoms with E-state index in [1.54, 1.807) is 12.0 Å². The number of hydrogen-bond donors (Lipinski definition) is 1. The zero-order valence-corrected chi connectivity index (χ0v) is 26.2. The zero-order valence-electron chi connectivity index (χ0n) is 26.2. The molecule has 0 aliphatic heterocycles. The van der Waals surface area contributed by atoms with Gasteiger partial charge in [-0.05, 0) is 72.2 Å². The first kappa shape index (κ1) is 31.8. The predicted octanol–water partition coefficient (Wildman–Crippen LogP) is 6.61. The van der Waals surface area contributed by atoms with E-state index in [0.29, 0.717) is 51.3 Å². The lowest BCUT2D eigenvalue weighted by molar-refractivity contribution is -0.132. The van der Waals surface area contributed by atoms with Crippen LogP contribution in [0.4, 0.5) is 0 Å². The molecule has 0 unspecified atom stereocenters. The van der Waals surface area contributed by atoms with E-state index in [0.717, 1.165) is 33.3 Å². The SMILES string of the molecule is CCOc1ccc(CN(CCc2c[nH]c3ccccc23)C(=O)CN(CCCOC)C(=O)c2ccc(C(C)(C)C)cc2)cc1. The van der Waals surface area contributed by atoms with Gasteiger partial charge in [0.25, 0.3) is 5.91 Å². The molecule has 0 saturated carbocycles. The quantitative estimate of drug-likeness (QED) is 0.170. The average molecular weight is 584 g/mol. The molecule has 1 aromatic heterocycles. The highest BCUT2D eigenvalue weighted by Gasteiger charge is 2.24. The van der Waals surface area contributed by atoms with E-state index in [-0.39, 0.29) is 23.8 Å². The van der Waals surface area contributed by atoms with Crippen molar-refractivity contribution < 1.29 is 19.1 Å². The number of fused-ring (bicyclic) bond motifs is 1. The number of ether oxygens (including phenoxy) is 2. The van der Waals surface area contributed by atoms with E-state index in [1.807, 2.05) is 78.7 Å². The highest BCUT2D eigenvalue weighted by Crippen LogP contribution is 2.23. The third-order valence-corrected chi connectivity index (χ3v) is 7.67. The molecule has 4 aromatic rings. The maximum atomic E-state index is 14.0. The van der Waals surface area contributed by atoms with Crippen LogP contribution in [-0.2, 0) is 27.9 Å². The van der Waals surface area contributed by atoms with Gasteiger partial charge in [0, 0.05) is 56.0 Å². The second-order valence-electron chi connectivity index (χ2n) is 11.9. The van der Waals surface area contributed by atoms with Crippen LogP contribution in [0.2, 0.25) is 0 Å². The van der Waals surface area contributed by atoms with E-state index >= 15 is 0 Å². The molecule has 0 radical (unpaired) electrons. The summed E-state index contributed by atoms with van der Waals surface area (Å²) in [5.74, 6) is 0.559. The zero-order chi connectivity index (χ0) is 30.8. The molecule has 0 spiro atoms. The second-order valence-corrected chi connectivity index (χ2v) is 11.9. The molecule has 0 fully saturated rings. The third-order valence-electron chi connectivity index (χ3n) is 7.67. The first-order valence-corrected chi connectivity index (χ1v) is 15.1. The first-order chi connectivity index (χ1) is 20.7. The molecule has 0 aliphatic carbocycles. The fraction of sp³-hybridized carbons (Fsp3) is 0.389. The predicted molar refractivity (Wildman–Crippen MR) is 173 cm³/mol. The van der Waals surface area contributed by atoms with Gasteiger partial charge in [-0.2, -0.15) is 0 Å². The van der Waals surface area contributed by atoms with Gasteiger partial charge in [-0.15, -0.1) is 0 Å². The Kier molecular flexibility index (Phi) is 11.0. The highest BCUT2D eigenvalue weighted by molar-refractivity contribution is 5.96.